The number of hydrogen-bond donors (Lipinski definition) is 1. The van der Waals surface area contributed by atoms with Gasteiger partial charge in [0.05, 0.1) is 24.2 Å². The molecule has 0 saturated carbocycles. The lowest BCUT2D eigenvalue weighted by Crippen LogP contribution is -2.17. The number of ether oxygens (including phenoxy) is 2. The fraction of sp³-hybridized carbons (Fsp3) is 0.250. The standard InChI is InChI=1S/C16H16N2O6S/c1-10-7-13(18-24-10)17-14(19)8-25-9-15(20)23-12-5-3-11(4-6-12)16(21)22-2/h3-7H,8-9H2,1-2H3,(H,17,18,19). The SMILES string of the molecule is COC(=O)c1ccc(OC(=O)CSCC(=O)Nc2cc(C)on2)cc1. The van der Waals surface area contributed by atoms with E-state index in [9.17, 15) is 14.4 Å². The Hall–Kier alpha value is -2.81. The highest BCUT2D eigenvalue weighted by atomic mass is 32.2. The maximum absolute atomic E-state index is 11.7. The second-order valence-corrected chi connectivity index (χ2v) is 5.84. The maximum atomic E-state index is 11.7. The van der Waals surface area contributed by atoms with Crippen molar-refractivity contribution >= 4 is 35.4 Å². The number of hydrogen-bond acceptors (Lipinski definition) is 8. The first kappa shape index (κ1) is 18.5. The van der Waals surface area contributed by atoms with Crippen LogP contribution < -0.4 is 10.1 Å². The van der Waals surface area contributed by atoms with Gasteiger partial charge in [0, 0.05) is 6.07 Å². The number of nitrogens with one attached hydrogen (secondary N) is 1. The Morgan fingerprint density at radius 1 is 1.20 bits per heavy atom. The van der Waals surface area contributed by atoms with Crippen LogP contribution in [0.4, 0.5) is 5.82 Å². The smallest absolute Gasteiger partial charge is 0.337 e. The van der Waals surface area contributed by atoms with Crippen LogP contribution in [-0.2, 0) is 14.3 Å². The van der Waals surface area contributed by atoms with Gasteiger partial charge in [-0.25, -0.2) is 4.79 Å². The Bertz CT molecular complexity index is 756. The van der Waals surface area contributed by atoms with Gasteiger partial charge in [0.1, 0.15) is 11.5 Å². The van der Waals surface area contributed by atoms with Gasteiger partial charge in [0.2, 0.25) is 5.91 Å². The molecule has 0 unspecified atom stereocenters. The number of benzene rings is 1. The molecule has 9 heteroatoms. The minimum atomic E-state index is -0.499. The first-order chi connectivity index (χ1) is 12.0. The van der Waals surface area contributed by atoms with Crippen LogP contribution in [0.25, 0.3) is 0 Å². The molecule has 8 nitrogen and oxygen atoms in total. The average Bonchev–Trinajstić information content (AvgIpc) is 2.99. The molecule has 2 aromatic rings. The van der Waals surface area contributed by atoms with Gasteiger partial charge >= 0.3 is 11.9 Å². The second kappa shape index (κ2) is 8.88. The zero-order chi connectivity index (χ0) is 18.2. The molecule has 0 radical (unpaired) electrons. The minimum Gasteiger partial charge on any atom is -0.465 e. The number of esters is 2. The van der Waals surface area contributed by atoms with E-state index in [1.54, 1.807) is 13.0 Å². The summed E-state index contributed by atoms with van der Waals surface area (Å²) < 4.78 is 14.5. The van der Waals surface area contributed by atoms with E-state index >= 15 is 0 Å². The van der Waals surface area contributed by atoms with Crippen LogP contribution in [0.1, 0.15) is 16.1 Å². The van der Waals surface area contributed by atoms with Crippen LogP contribution in [0.15, 0.2) is 34.9 Å². The van der Waals surface area contributed by atoms with E-state index in [0.717, 1.165) is 11.8 Å². The molecule has 2 rings (SSSR count). The predicted molar refractivity (Wildman–Crippen MR) is 90.6 cm³/mol. The van der Waals surface area contributed by atoms with Gasteiger partial charge in [-0.15, -0.1) is 11.8 Å². The summed E-state index contributed by atoms with van der Waals surface area (Å²) in [6.45, 7) is 1.71. The number of rotatable bonds is 7. The number of methoxy groups -OCH3 is 1. The Morgan fingerprint density at radius 2 is 1.92 bits per heavy atom. The topological polar surface area (TPSA) is 108 Å². The molecule has 1 aromatic heterocycles. The van der Waals surface area contributed by atoms with Gasteiger partial charge in [-0.05, 0) is 31.2 Å². The molecule has 1 heterocycles. The number of anilines is 1. The van der Waals surface area contributed by atoms with Gasteiger partial charge in [0.15, 0.2) is 5.82 Å². The van der Waals surface area contributed by atoms with Gasteiger partial charge in [-0.1, -0.05) is 5.16 Å². The lowest BCUT2D eigenvalue weighted by Gasteiger charge is -2.05. The van der Waals surface area contributed by atoms with Crippen molar-refractivity contribution in [2.24, 2.45) is 0 Å². The zero-order valence-corrected chi connectivity index (χ0v) is 14.4. The van der Waals surface area contributed by atoms with Crippen LogP contribution in [0, 0.1) is 6.92 Å². The summed E-state index contributed by atoms with van der Waals surface area (Å²) in [7, 11) is 1.29. The second-order valence-electron chi connectivity index (χ2n) is 4.85. The summed E-state index contributed by atoms with van der Waals surface area (Å²) in [4.78, 5) is 34.7. The molecule has 25 heavy (non-hydrogen) atoms. The Labute approximate surface area is 147 Å². The normalized spacial score (nSPS) is 10.2. The van der Waals surface area contributed by atoms with Crippen molar-refractivity contribution in [1.29, 1.82) is 0 Å². The van der Waals surface area contributed by atoms with Gasteiger partial charge in [-0.3, -0.25) is 9.59 Å². The van der Waals surface area contributed by atoms with E-state index in [0.29, 0.717) is 22.9 Å². The molecule has 1 aromatic carbocycles. The molecular formula is C16H16N2O6S. The highest BCUT2D eigenvalue weighted by Crippen LogP contribution is 2.14. The molecule has 0 bridgehead atoms. The number of amides is 1. The highest BCUT2D eigenvalue weighted by molar-refractivity contribution is 8.00. The summed E-state index contributed by atoms with van der Waals surface area (Å²) in [6.07, 6.45) is 0. The van der Waals surface area contributed by atoms with Crippen molar-refractivity contribution in [2.45, 2.75) is 6.92 Å². The molecule has 0 saturated heterocycles. The van der Waals surface area contributed by atoms with Crippen molar-refractivity contribution < 1.29 is 28.4 Å². The molecular weight excluding hydrogens is 348 g/mol. The molecule has 0 atom stereocenters. The lowest BCUT2D eigenvalue weighted by atomic mass is 10.2. The molecule has 0 aliphatic heterocycles. The third-order valence-electron chi connectivity index (χ3n) is 2.86. The van der Waals surface area contributed by atoms with E-state index in [2.05, 4.69) is 15.2 Å². The summed E-state index contributed by atoms with van der Waals surface area (Å²) in [5, 5.41) is 6.19. The summed E-state index contributed by atoms with van der Waals surface area (Å²) >= 11 is 1.11. The van der Waals surface area contributed by atoms with Gasteiger partial charge < -0.3 is 19.3 Å². The van der Waals surface area contributed by atoms with Crippen molar-refractivity contribution in [3.63, 3.8) is 0 Å². The monoisotopic (exact) mass is 364 g/mol. The number of nitrogens with zero attached hydrogens (tertiary/aromatic N) is 1. The molecule has 1 N–H and O–H groups in total. The quantitative estimate of drug-likeness (QED) is 0.587. The summed E-state index contributed by atoms with van der Waals surface area (Å²) in [5.41, 5.74) is 0.358. The van der Waals surface area contributed by atoms with Gasteiger partial charge in [0.25, 0.3) is 0 Å². The zero-order valence-electron chi connectivity index (χ0n) is 13.6. The molecule has 0 fully saturated rings. The van der Waals surface area contributed by atoms with Crippen LogP contribution >= 0.6 is 11.8 Å². The van der Waals surface area contributed by atoms with E-state index in [-0.39, 0.29) is 17.4 Å². The molecule has 132 valence electrons. The number of thioether (sulfide) groups is 1. The highest BCUT2D eigenvalue weighted by Gasteiger charge is 2.11. The average molecular weight is 364 g/mol. The van der Waals surface area contributed by atoms with Crippen LogP contribution in [-0.4, -0.2) is 41.6 Å². The van der Waals surface area contributed by atoms with Crippen LogP contribution in [0.3, 0.4) is 0 Å². The fourth-order valence-corrected chi connectivity index (χ4v) is 2.35. The third kappa shape index (κ3) is 5.96. The van der Waals surface area contributed by atoms with E-state index in [1.165, 1.54) is 31.4 Å². The summed E-state index contributed by atoms with van der Waals surface area (Å²) in [6, 6.07) is 7.57. The van der Waals surface area contributed by atoms with Crippen molar-refractivity contribution in [1.82, 2.24) is 5.16 Å². The Kier molecular flexibility index (Phi) is 6.58. The molecule has 0 aliphatic carbocycles. The Morgan fingerprint density at radius 3 is 2.52 bits per heavy atom. The van der Waals surface area contributed by atoms with Crippen molar-refractivity contribution in [3.05, 3.63) is 41.7 Å². The molecule has 0 spiro atoms. The van der Waals surface area contributed by atoms with E-state index in [4.69, 9.17) is 9.26 Å². The lowest BCUT2D eigenvalue weighted by molar-refractivity contribution is -0.131. The van der Waals surface area contributed by atoms with E-state index < -0.39 is 11.9 Å². The van der Waals surface area contributed by atoms with Gasteiger partial charge in [-0.2, -0.15) is 0 Å². The molecule has 0 aliphatic rings. The van der Waals surface area contributed by atoms with Crippen LogP contribution in [0.5, 0.6) is 5.75 Å². The number of carbonyl (C=O) groups excluding carboxylic acids is 3. The largest absolute Gasteiger partial charge is 0.465 e. The van der Waals surface area contributed by atoms with E-state index in [1.807, 2.05) is 0 Å². The third-order valence-corrected chi connectivity index (χ3v) is 3.76. The first-order valence-corrected chi connectivity index (χ1v) is 8.33. The fourth-order valence-electron chi connectivity index (χ4n) is 1.77. The number of carbonyl (C=O) groups is 3. The van der Waals surface area contributed by atoms with Crippen molar-refractivity contribution in [2.75, 3.05) is 23.9 Å². The summed E-state index contributed by atoms with van der Waals surface area (Å²) in [5.74, 6) is 0.0323. The minimum absolute atomic E-state index is 0.00398. The van der Waals surface area contributed by atoms with Crippen LogP contribution in [0.2, 0.25) is 0 Å². The first-order valence-electron chi connectivity index (χ1n) is 7.18. The number of aryl methyl sites for hydroxylation is 1. The Balaban J connectivity index is 1.71. The van der Waals surface area contributed by atoms with Crippen molar-refractivity contribution in [3.8, 4) is 5.75 Å². The predicted octanol–water partition coefficient (Wildman–Crippen LogP) is 2.05. The number of aromatic nitrogens is 1. The maximum Gasteiger partial charge on any atom is 0.337 e. The molecule has 1 amide bonds.